The van der Waals surface area contributed by atoms with Crippen LogP contribution in [-0.4, -0.2) is 23.4 Å². The lowest BCUT2D eigenvalue weighted by molar-refractivity contribution is 0.611. The van der Waals surface area contributed by atoms with E-state index in [2.05, 4.69) is 17.9 Å². The molecule has 1 aromatic heterocycles. The van der Waals surface area contributed by atoms with Crippen molar-refractivity contribution < 1.29 is 0 Å². The van der Waals surface area contributed by atoms with Crippen LogP contribution >= 0.6 is 0 Å². The number of pyridine rings is 1. The molecular weight excluding hydrogens is 248 g/mol. The normalized spacial score (nSPS) is 18.2. The van der Waals surface area contributed by atoms with Gasteiger partial charge < -0.3 is 10.6 Å². The van der Waals surface area contributed by atoms with E-state index in [0.29, 0.717) is 6.04 Å². The van der Waals surface area contributed by atoms with Crippen molar-refractivity contribution in [3.63, 3.8) is 0 Å². The van der Waals surface area contributed by atoms with Gasteiger partial charge in [0.05, 0.1) is 5.56 Å². The van der Waals surface area contributed by atoms with Crippen LogP contribution in [0.2, 0.25) is 0 Å². The fourth-order valence-corrected chi connectivity index (χ4v) is 3.68. The molecule has 1 heterocycles. The van der Waals surface area contributed by atoms with Crippen LogP contribution < -0.4 is 10.6 Å². The third-order valence-electron chi connectivity index (χ3n) is 4.70. The Labute approximate surface area is 120 Å². The van der Waals surface area contributed by atoms with Gasteiger partial charge in [-0.2, -0.15) is 0 Å². The van der Waals surface area contributed by atoms with Crippen LogP contribution in [-0.2, 0) is 12.8 Å². The molecule has 0 saturated heterocycles. The van der Waals surface area contributed by atoms with E-state index in [9.17, 15) is 0 Å². The first kappa shape index (κ1) is 13.4. The summed E-state index contributed by atoms with van der Waals surface area (Å²) >= 11 is 0. The molecule has 2 aliphatic rings. The third kappa shape index (κ3) is 2.28. The lowest BCUT2D eigenvalue weighted by Crippen LogP contribution is -2.36. The first-order valence-corrected chi connectivity index (χ1v) is 7.84. The molecule has 1 aromatic rings. The molecule has 3 rings (SSSR count). The van der Waals surface area contributed by atoms with Crippen molar-refractivity contribution in [1.82, 2.24) is 4.98 Å². The smallest absolute Gasteiger partial charge is 0.140 e. The SMILES string of the molecule is CCN(c1nc2c(cc1C(=N)N)CCC2)C1CCCC1. The van der Waals surface area contributed by atoms with E-state index in [4.69, 9.17) is 16.1 Å². The van der Waals surface area contributed by atoms with Crippen LogP contribution in [0.4, 0.5) is 5.82 Å². The molecule has 4 heteroatoms. The van der Waals surface area contributed by atoms with E-state index in [1.807, 2.05) is 0 Å². The molecule has 0 atom stereocenters. The quantitative estimate of drug-likeness (QED) is 0.654. The first-order chi connectivity index (χ1) is 9.70. The Hall–Kier alpha value is -1.58. The number of rotatable bonds is 4. The second-order valence-electron chi connectivity index (χ2n) is 5.96. The summed E-state index contributed by atoms with van der Waals surface area (Å²) in [7, 11) is 0. The average molecular weight is 272 g/mol. The minimum atomic E-state index is 0.152. The molecular formula is C16H24N4. The molecule has 0 amide bonds. The van der Waals surface area contributed by atoms with Gasteiger partial charge in [-0.15, -0.1) is 0 Å². The van der Waals surface area contributed by atoms with Crippen LogP contribution in [0.15, 0.2) is 6.07 Å². The van der Waals surface area contributed by atoms with Crippen molar-refractivity contribution in [2.24, 2.45) is 5.73 Å². The number of amidine groups is 1. The van der Waals surface area contributed by atoms with Gasteiger partial charge in [-0.05, 0) is 50.7 Å². The third-order valence-corrected chi connectivity index (χ3v) is 4.70. The average Bonchev–Trinajstić information content (AvgIpc) is 3.08. The van der Waals surface area contributed by atoms with Crippen LogP contribution in [0.25, 0.3) is 0 Å². The van der Waals surface area contributed by atoms with Crippen molar-refractivity contribution in [1.29, 1.82) is 5.41 Å². The van der Waals surface area contributed by atoms with E-state index in [0.717, 1.165) is 30.8 Å². The summed E-state index contributed by atoms with van der Waals surface area (Å²) in [5, 5.41) is 7.89. The Morgan fingerprint density at radius 1 is 1.35 bits per heavy atom. The van der Waals surface area contributed by atoms with E-state index >= 15 is 0 Å². The van der Waals surface area contributed by atoms with Gasteiger partial charge in [0.25, 0.3) is 0 Å². The van der Waals surface area contributed by atoms with E-state index in [-0.39, 0.29) is 5.84 Å². The Balaban J connectivity index is 2.03. The number of aromatic nitrogens is 1. The van der Waals surface area contributed by atoms with Gasteiger partial charge in [-0.25, -0.2) is 4.98 Å². The number of hydrogen-bond acceptors (Lipinski definition) is 3. The fraction of sp³-hybridized carbons (Fsp3) is 0.625. The standard InChI is InChI=1S/C16H24N4/c1-2-20(12-7-3-4-8-12)16-13(15(17)18)10-11-6-5-9-14(11)19-16/h10,12H,2-9H2,1H3,(H3,17,18). The maximum Gasteiger partial charge on any atom is 0.140 e. The van der Waals surface area contributed by atoms with Gasteiger partial charge in [0.15, 0.2) is 0 Å². The summed E-state index contributed by atoms with van der Waals surface area (Å²) in [4.78, 5) is 7.27. The number of nitrogens with zero attached hydrogens (tertiary/aromatic N) is 2. The first-order valence-electron chi connectivity index (χ1n) is 7.84. The summed E-state index contributed by atoms with van der Waals surface area (Å²) in [6, 6.07) is 2.69. The summed E-state index contributed by atoms with van der Waals surface area (Å²) < 4.78 is 0. The Kier molecular flexibility index (Phi) is 3.64. The molecule has 0 bridgehead atoms. The van der Waals surface area contributed by atoms with Gasteiger partial charge in [0.1, 0.15) is 11.7 Å². The van der Waals surface area contributed by atoms with Gasteiger partial charge in [-0.3, -0.25) is 5.41 Å². The molecule has 3 N–H and O–H groups in total. The second kappa shape index (κ2) is 5.43. The lowest BCUT2D eigenvalue weighted by Gasteiger charge is -2.31. The topological polar surface area (TPSA) is 66.0 Å². The highest BCUT2D eigenvalue weighted by atomic mass is 15.2. The van der Waals surface area contributed by atoms with Crippen molar-refractivity contribution in [2.45, 2.75) is 57.9 Å². The molecule has 4 nitrogen and oxygen atoms in total. The zero-order valence-electron chi connectivity index (χ0n) is 12.3. The van der Waals surface area contributed by atoms with Gasteiger partial charge in [0.2, 0.25) is 0 Å². The maximum absolute atomic E-state index is 7.89. The fourth-order valence-electron chi connectivity index (χ4n) is 3.68. The predicted octanol–water partition coefficient (Wildman–Crippen LogP) is 2.62. The largest absolute Gasteiger partial charge is 0.384 e. The maximum atomic E-state index is 7.89. The van der Waals surface area contributed by atoms with Crippen molar-refractivity contribution in [3.8, 4) is 0 Å². The number of aryl methyl sites for hydroxylation is 2. The van der Waals surface area contributed by atoms with Crippen LogP contribution in [0, 0.1) is 5.41 Å². The number of nitrogen functional groups attached to an aromatic ring is 1. The lowest BCUT2D eigenvalue weighted by atomic mass is 10.1. The number of hydrogen-bond donors (Lipinski definition) is 2. The minimum absolute atomic E-state index is 0.152. The second-order valence-corrected chi connectivity index (χ2v) is 5.96. The zero-order chi connectivity index (χ0) is 14.1. The molecule has 108 valence electrons. The van der Waals surface area contributed by atoms with Crippen molar-refractivity contribution in [2.75, 3.05) is 11.4 Å². The Bertz CT molecular complexity index is 517. The van der Waals surface area contributed by atoms with Crippen LogP contribution in [0.3, 0.4) is 0 Å². The highest BCUT2D eigenvalue weighted by Crippen LogP contribution is 2.32. The molecule has 0 spiro atoms. The number of anilines is 1. The number of nitrogens with one attached hydrogen (secondary N) is 1. The molecule has 1 fully saturated rings. The summed E-state index contributed by atoms with van der Waals surface area (Å²) in [6.45, 7) is 3.12. The van der Waals surface area contributed by atoms with Crippen LogP contribution in [0.5, 0.6) is 0 Å². The molecule has 0 aromatic carbocycles. The van der Waals surface area contributed by atoms with Gasteiger partial charge >= 0.3 is 0 Å². The highest BCUT2D eigenvalue weighted by Gasteiger charge is 2.27. The molecule has 0 aliphatic heterocycles. The van der Waals surface area contributed by atoms with E-state index < -0.39 is 0 Å². The van der Waals surface area contributed by atoms with Crippen molar-refractivity contribution >= 4 is 11.7 Å². The zero-order valence-corrected chi connectivity index (χ0v) is 12.3. The summed E-state index contributed by atoms with van der Waals surface area (Å²) in [5.41, 5.74) is 9.17. The van der Waals surface area contributed by atoms with E-state index in [1.165, 1.54) is 43.4 Å². The molecule has 1 saturated carbocycles. The number of fused-ring (bicyclic) bond motifs is 1. The molecule has 0 radical (unpaired) electrons. The molecule has 2 aliphatic carbocycles. The van der Waals surface area contributed by atoms with Crippen LogP contribution in [0.1, 0.15) is 55.8 Å². The minimum Gasteiger partial charge on any atom is -0.384 e. The monoisotopic (exact) mass is 272 g/mol. The summed E-state index contributed by atoms with van der Waals surface area (Å²) in [5.74, 6) is 1.10. The van der Waals surface area contributed by atoms with Gasteiger partial charge in [-0.1, -0.05) is 12.8 Å². The Morgan fingerprint density at radius 2 is 2.10 bits per heavy atom. The molecule has 20 heavy (non-hydrogen) atoms. The highest BCUT2D eigenvalue weighted by molar-refractivity contribution is 6.00. The summed E-state index contributed by atoms with van der Waals surface area (Å²) in [6.07, 6.45) is 8.43. The van der Waals surface area contributed by atoms with Crippen molar-refractivity contribution in [3.05, 3.63) is 22.9 Å². The predicted molar refractivity (Wildman–Crippen MR) is 82.6 cm³/mol. The van der Waals surface area contributed by atoms with Gasteiger partial charge in [0, 0.05) is 18.3 Å². The molecule has 0 unspecified atom stereocenters. The Morgan fingerprint density at radius 3 is 2.75 bits per heavy atom. The number of nitrogens with two attached hydrogens (primary N) is 1. The van der Waals surface area contributed by atoms with E-state index in [1.54, 1.807) is 0 Å².